The number of hydrogen-bond acceptors (Lipinski definition) is 1. The molecular formula is C15H20N2. The third-order valence-corrected chi connectivity index (χ3v) is 4.40. The maximum absolute atomic E-state index is 6.40. The van der Waals surface area contributed by atoms with E-state index in [1.54, 1.807) is 0 Å². The van der Waals surface area contributed by atoms with Crippen LogP contribution < -0.4 is 5.73 Å². The molecule has 0 spiro atoms. The van der Waals surface area contributed by atoms with E-state index < -0.39 is 0 Å². The lowest BCUT2D eigenvalue weighted by atomic mass is 9.79. The normalized spacial score (nSPS) is 18.6. The van der Waals surface area contributed by atoms with Crippen molar-refractivity contribution in [1.29, 1.82) is 0 Å². The van der Waals surface area contributed by atoms with Crippen LogP contribution in [0.3, 0.4) is 0 Å². The van der Waals surface area contributed by atoms with Gasteiger partial charge in [-0.15, -0.1) is 0 Å². The van der Waals surface area contributed by atoms with E-state index in [4.69, 9.17) is 5.73 Å². The molecule has 1 saturated carbocycles. The lowest BCUT2D eigenvalue weighted by molar-refractivity contribution is 0.393. The Labute approximate surface area is 102 Å². The molecule has 1 aromatic carbocycles. The van der Waals surface area contributed by atoms with E-state index in [0.29, 0.717) is 0 Å². The molecule has 0 bridgehead atoms. The second kappa shape index (κ2) is 3.14. The molecule has 0 aliphatic heterocycles. The highest BCUT2D eigenvalue weighted by molar-refractivity contribution is 5.85. The Balaban J connectivity index is 2.26. The molecule has 2 N–H and O–H groups in total. The average molecular weight is 228 g/mol. The minimum Gasteiger partial charge on any atom is -0.350 e. The fraction of sp³-hybridized carbons (Fsp3) is 0.467. The van der Waals surface area contributed by atoms with Crippen LogP contribution in [0.4, 0.5) is 0 Å². The van der Waals surface area contributed by atoms with Crippen LogP contribution in [-0.4, -0.2) is 10.1 Å². The second-order valence-electron chi connectivity index (χ2n) is 5.97. The highest BCUT2D eigenvalue weighted by Gasteiger charge is 2.54. The fourth-order valence-corrected chi connectivity index (χ4v) is 3.11. The van der Waals surface area contributed by atoms with E-state index in [2.05, 4.69) is 55.9 Å². The van der Waals surface area contributed by atoms with Gasteiger partial charge in [-0.2, -0.15) is 0 Å². The van der Waals surface area contributed by atoms with Gasteiger partial charge in [-0.1, -0.05) is 18.2 Å². The first-order valence-corrected chi connectivity index (χ1v) is 6.29. The van der Waals surface area contributed by atoms with E-state index in [9.17, 15) is 0 Å². The minimum absolute atomic E-state index is 0.142. The first kappa shape index (κ1) is 10.8. The first-order valence-electron chi connectivity index (χ1n) is 6.29. The molecule has 0 atom stereocenters. The van der Waals surface area contributed by atoms with Gasteiger partial charge in [0.1, 0.15) is 0 Å². The van der Waals surface area contributed by atoms with E-state index in [0.717, 1.165) is 0 Å². The number of benzene rings is 1. The molecule has 2 aromatic rings. The molecule has 0 saturated heterocycles. The molecule has 1 aliphatic carbocycles. The summed E-state index contributed by atoms with van der Waals surface area (Å²) in [5.74, 6) is 0. The summed E-state index contributed by atoms with van der Waals surface area (Å²) in [5.41, 5.74) is 9.18. The molecule has 17 heavy (non-hydrogen) atoms. The van der Waals surface area contributed by atoms with Gasteiger partial charge in [-0.25, -0.2) is 0 Å². The maximum Gasteiger partial charge on any atom is 0.0480 e. The number of hydrogen-bond donors (Lipinski definition) is 1. The summed E-state index contributed by atoms with van der Waals surface area (Å²) in [5, 5.41) is 1.37. The first-order chi connectivity index (χ1) is 7.96. The van der Waals surface area contributed by atoms with Gasteiger partial charge in [0.25, 0.3) is 0 Å². The summed E-state index contributed by atoms with van der Waals surface area (Å²) >= 11 is 0. The van der Waals surface area contributed by atoms with Crippen LogP contribution in [0.1, 0.15) is 32.3 Å². The SMILES string of the molecule is Cn1cc(C2(C(C)(C)N)CC2)c2ccccc21. The van der Waals surface area contributed by atoms with Crippen molar-refractivity contribution in [3.8, 4) is 0 Å². The highest BCUT2D eigenvalue weighted by atomic mass is 14.9. The van der Waals surface area contributed by atoms with Crippen molar-refractivity contribution in [1.82, 2.24) is 4.57 Å². The quantitative estimate of drug-likeness (QED) is 0.841. The monoisotopic (exact) mass is 228 g/mol. The molecule has 1 aliphatic rings. The molecule has 1 heterocycles. The van der Waals surface area contributed by atoms with Gasteiger partial charge in [-0.05, 0) is 38.3 Å². The van der Waals surface area contributed by atoms with Gasteiger partial charge >= 0.3 is 0 Å². The zero-order valence-corrected chi connectivity index (χ0v) is 10.8. The molecule has 2 heteroatoms. The summed E-state index contributed by atoms with van der Waals surface area (Å²) in [6.07, 6.45) is 4.70. The maximum atomic E-state index is 6.40. The van der Waals surface area contributed by atoms with Crippen molar-refractivity contribution >= 4 is 10.9 Å². The van der Waals surface area contributed by atoms with E-state index in [1.165, 1.54) is 29.3 Å². The minimum atomic E-state index is -0.142. The van der Waals surface area contributed by atoms with Crippen LogP contribution in [0.25, 0.3) is 10.9 Å². The number of aryl methyl sites for hydroxylation is 1. The van der Waals surface area contributed by atoms with Crippen molar-refractivity contribution in [3.63, 3.8) is 0 Å². The van der Waals surface area contributed by atoms with E-state index >= 15 is 0 Å². The molecule has 0 amide bonds. The third-order valence-electron chi connectivity index (χ3n) is 4.40. The number of aromatic nitrogens is 1. The van der Waals surface area contributed by atoms with Crippen molar-refractivity contribution in [2.24, 2.45) is 12.8 Å². The van der Waals surface area contributed by atoms with Gasteiger partial charge in [0, 0.05) is 35.1 Å². The number of fused-ring (bicyclic) bond motifs is 1. The molecule has 3 rings (SSSR count). The average Bonchev–Trinajstić information content (AvgIpc) is 3.01. The lowest BCUT2D eigenvalue weighted by Crippen LogP contribution is -2.45. The molecule has 90 valence electrons. The van der Waals surface area contributed by atoms with Crippen molar-refractivity contribution in [2.75, 3.05) is 0 Å². The van der Waals surface area contributed by atoms with Crippen molar-refractivity contribution in [3.05, 3.63) is 36.0 Å². The Kier molecular flexibility index (Phi) is 2.00. The summed E-state index contributed by atoms with van der Waals surface area (Å²) in [6, 6.07) is 8.61. The third kappa shape index (κ3) is 1.37. The Hall–Kier alpha value is -1.28. The van der Waals surface area contributed by atoms with Crippen LogP contribution in [0.15, 0.2) is 30.5 Å². The van der Waals surface area contributed by atoms with Crippen LogP contribution >= 0.6 is 0 Å². The van der Waals surface area contributed by atoms with Crippen molar-refractivity contribution in [2.45, 2.75) is 37.6 Å². The topological polar surface area (TPSA) is 30.9 Å². The highest BCUT2D eigenvalue weighted by Crippen LogP contribution is 2.56. The van der Waals surface area contributed by atoms with Crippen LogP contribution in [0, 0.1) is 0 Å². The number of nitrogens with two attached hydrogens (primary N) is 1. The largest absolute Gasteiger partial charge is 0.350 e. The van der Waals surface area contributed by atoms with E-state index in [1.807, 2.05) is 0 Å². The summed E-state index contributed by atoms with van der Waals surface area (Å²) in [6.45, 7) is 4.31. The van der Waals surface area contributed by atoms with E-state index in [-0.39, 0.29) is 11.0 Å². The molecule has 2 nitrogen and oxygen atoms in total. The summed E-state index contributed by atoms with van der Waals surface area (Å²) in [4.78, 5) is 0. The Morgan fingerprint density at radius 1 is 1.24 bits per heavy atom. The lowest BCUT2D eigenvalue weighted by Gasteiger charge is -2.30. The van der Waals surface area contributed by atoms with Gasteiger partial charge in [0.2, 0.25) is 0 Å². The second-order valence-corrected chi connectivity index (χ2v) is 5.97. The number of nitrogens with zero attached hydrogens (tertiary/aromatic N) is 1. The predicted molar refractivity (Wildman–Crippen MR) is 72.1 cm³/mol. The van der Waals surface area contributed by atoms with Crippen LogP contribution in [-0.2, 0) is 12.5 Å². The molecule has 1 fully saturated rings. The fourth-order valence-electron chi connectivity index (χ4n) is 3.11. The van der Waals surface area contributed by atoms with Gasteiger partial charge in [-0.3, -0.25) is 0 Å². The Bertz CT molecular complexity index is 568. The van der Waals surface area contributed by atoms with Crippen LogP contribution in [0.5, 0.6) is 0 Å². The standard InChI is InChI=1S/C15H20N2/c1-14(2,16)15(8-9-15)12-10-17(3)13-7-5-4-6-11(12)13/h4-7,10H,8-9,16H2,1-3H3. The van der Waals surface area contributed by atoms with Gasteiger partial charge < -0.3 is 10.3 Å². The smallest absolute Gasteiger partial charge is 0.0480 e. The summed E-state index contributed by atoms with van der Waals surface area (Å²) in [7, 11) is 2.12. The Morgan fingerprint density at radius 3 is 2.47 bits per heavy atom. The summed E-state index contributed by atoms with van der Waals surface area (Å²) < 4.78 is 2.22. The van der Waals surface area contributed by atoms with Crippen LogP contribution in [0.2, 0.25) is 0 Å². The Morgan fingerprint density at radius 2 is 1.88 bits per heavy atom. The zero-order valence-electron chi connectivity index (χ0n) is 10.8. The van der Waals surface area contributed by atoms with Gasteiger partial charge in [0.15, 0.2) is 0 Å². The number of para-hydroxylation sites is 1. The van der Waals surface area contributed by atoms with Crippen molar-refractivity contribution < 1.29 is 0 Å². The number of rotatable bonds is 2. The molecule has 0 radical (unpaired) electrons. The molecular weight excluding hydrogens is 208 g/mol. The predicted octanol–water partition coefficient (Wildman–Crippen LogP) is 2.95. The van der Waals surface area contributed by atoms with Gasteiger partial charge in [0.05, 0.1) is 0 Å². The molecule has 0 unspecified atom stereocenters. The zero-order chi connectivity index (χ0) is 12.3. The molecule has 1 aromatic heterocycles.